The Morgan fingerprint density at radius 1 is 1.45 bits per heavy atom. The fourth-order valence-electron chi connectivity index (χ4n) is 2.44. The molecule has 1 heterocycles. The minimum atomic E-state index is -4.52. The summed E-state index contributed by atoms with van der Waals surface area (Å²) in [5.41, 5.74) is -2.27. The van der Waals surface area contributed by atoms with Gasteiger partial charge >= 0.3 is 6.18 Å². The van der Waals surface area contributed by atoms with E-state index in [0.717, 1.165) is 17.7 Å². The van der Waals surface area contributed by atoms with Crippen LogP contribution < -0.4 is 5.32 Å². The number of amides is 1. The molecule has 0 bridgehead atoms. The van der Waals surface area contributed by atoms with Crippen molar-refractivity contribution in [2.75, 3.05) is 39.9 Å². The Morgan fingerprint density at radius 3 is 2.65 bits per heavy atom. The SMILES string of the molecule is CN(CCOCC1CC1)C(=O)C1(C(F)(F)F)CCNC1. The largest absolute Gasteiger partial charge is 0.404 e. The molecule has 1 unspecified atom stereocenters. The van der Waals surface area contributed by atoms with Gasteiger partial charge in [-0.05, 0) is 31.7 Å². The highest BCUT2D eigenvalue weighted by Gasteiger charge is 2.62. The quantitative estimate of drug-likeness (QED) is 0.753. The normalized spacial score (nSPS) is 26.8. The molecule has 1 atom stereocenters. The topological polar surface area (TPSA) is 41.6 Å². The number of carbonyl (C=O) groups is 1. The third kappa shape index (κ3) is 3.25. The maximum atomic E-state index is 13.2. The van der Waals surface area contributed by atoms with E-state index in [9.17, 15) is 18.0 Å². The molecular formula is C13H21F3N2O2. The van der Waals surface area contributed by atoms with E-state index >= 15 is 0 Å². The molecule has 4 nitrogen and oxygen atoms in total. The Kier molecular flexibility index (Phi) is 4.59. The first kappa shape index (κ1) is 15.6. The van der Waals surface area contributed by atoms with Gasteiger partial charge < -0.3 is 15.0 Å². The number of hydrogen-bond acceptors (Lipinski definition) is 3. The Labute approximate surface area is 116 Å². The second-order valence-corrected chi connectivity index (χ2v) is 5.75. The molecule has 0 spiro atoms. The summed E-state index contributed by atoms with van der Waals surface area (Å²) in [7, 11) is 1.41. The molecule has 0 aromatic carbocycles. The van der Waals surface area contributed by atoms with E-state index in [-0.39, 0.29) is 26.1 Å². The fourth-order valence-corrected chi connectivity index (χ4v) is 2.44. The number of nitrogens with zero attached hydrogens (tertiary/aromatic N) is 1. The van der Waals surface area contributed by atoms with Crippen LogP contribution in [-0.4, -0.2) is 56.9 Å². The van der Waals surface area contributed by atoms with Crippen molar-refractivity contribution in [3.05, 3.63) is 0 Å². The summed E-state index contributed by atoms with van der Waals surface area (Å²) in [6, 6.07) is 0. The number of halogens is 3. The molecule has 0 radical (unpaired) electrons. The van der Waals surface area contributed by atoms with Crippen LogP contribution >= 0.6 is 0 Å². The summed E-state index contributed by atoms with van der Waals surface area (Å²) < 4.78 is 45.0. The van der Waals surface area contributed by atoms with E-state index in [1.54, 1.807) is 0 Å². The van der Waals surface area contributed by atoms with Gasteiger partial charge in [-0.3, -0.25) is 4.79 Å². The maximum absolute atomic E-state index is 13.2. The Bertz CT molecular complexity index is 350. The number of rotatable bonds is 6. The average molecular weight is 294 g/mol. The zero-order valence-electron chi connectivity index (χ0n) is 11.6. The van der Waals surface area contributed by atoms with Crippen molar-refractivity contribution < 1.29 is 22.7 Å². The van der Waals surface area contributed by atoms with E-state index in [1.807, 2.05) is 0 Å². The second-order valence-electron chi connectivity index (χ2n) is 5.75. The lowest BCUT2D eigenvalue weighted by molar-refractivity contribution is -0.221. The standard InChI is InChI=1S/C13H21F3N2O2/c1-18(6-7-20-8-10-2-3-10)11(19)12(13(14,15)16)4-5-17-9-12/h10,17H,2-9H2,1H3. The predicted molar refractivity (Wildman–Crippen MR) is 67.2 cm³/mol. The molecule has 116 valence electrons. The van der Waals surface area contributed by atoms with Gasteiger partial charge in [0.15, 0.2) is 5.41 Å². The molecule has 2 aliphatic rings. The van der Waals surface area contributed by atoms with Crippen LogP contribution in [0.5, 0.6) is 0 Å². The number of ether oxygens (including phenoxy) is 1. The minimum absolute atomic E-state index is 0.192. The number of nitrogens with one attached hydrogen (secondary N) is 1. The summed E-state index contributed by atoms with van der Waals surface area (Å²) in [6.45, 7) is 1.03. The first-order chi connectivity index (χ1) is 9.37. The Morgan fingerprint density at radius 2 is 2.15 bits per heavy atom. The molecule has 20 heavy (non-hydrogen) atoms. The van der Waals surface area contributed by atoms with Crippen molar-refractivity contribution in [2.24, 2.45) is 11.3 Å². The molecule has 1 saturated heterocycles. The summed E-state index contributed by atoms with van der Waals surface area (Å²) in [5.74, 6) is -0.249. The third-order valence-electron chi connectivity index (χ3n) is 4.08. The molecule has 1 saturated carbocycles. The lowest BCUT2D eigenvalue weighted by Crippen LogP contribution is -2.53. The van der Waals surface area contributed by atoms with Crippen LogP contribution in [0.2, 0.25) is 0 Å². The van der Waals surface area contributed by atoms with Gasteiger partial charge in [0.05, 0.1) is 6.61 Å². The maximum Gasteiger partial charge on any atom is 0.404 e. The number of alkyl halides is 3. The van der Waals surface area contributed by atoms with E-state index in [2.05, 4.69) is 5.32 Å². The van der Waals surface area contributed by atoms with Crippen LogP contribution in [0.4, 0.5) is 13.2 Å². The van der Waals surface area contributed by atoms with Crippen LogP contribution in [0.3, 0.4) is 0 Å². The van der Waals surface area contributed by atoms with Gasteiger partial charge in [0.2, 0.25) is 5.91 Å². The summed E-state index contributed by atoms with van der Waals surface area (Å²) in [4.78, 5) is 13.3. The highest BCUT2D eigenvalue weighted by atomic mass is 19.4. The van der Waals surface area contributed by atoms with Crippen LogP contribution in [0.15, 0.2) is 0 Å². The van der Waals surface area contributed by atoms with Gasteiger partial charge in [0.25, 0.3) is 0 Å². The molecule has 1 N–H and O–H groups in total. The van der Waals surface area contributed by atoms with Crippen molar-refractivity contribution in [1.29, 1.82) is 0 Å². The van der Waals surface area contributed by atoms with Crippen LogP contribution in [0.25, 0.3) is 0 Å². The van der Waals surface area contributed by atoms with Crippen molar-refractivity contribution in [2.45, 2.75) is 25.4 Å². The third-order valence-corrected chi connectivity index (χ3v) is 4.08. The fraction of sp³-hybridized carbons (Fsp3) is 0.923. The van der Waals surface area contributed by atoms with Gasteiger partial charge in [0.1, 0.15) is 0 Å². The zero-order chi connectivity index (χ0) is 14.8. The van der Waals surface area contributed by atoms with E-state index in [0.29, 0.717) is 19.1 Å². The monoisotopic (exact) mass is 294 g/mol. The molecule has 1 aliphatic heterocycles. The molecule has 0 aromatic heterocycles. The highest BCUT2D eigenvalue weighted by molar-refractivity contribution is 5.84. The lowest BCUT2D eigenvalue weighted by atomic mass is 9.84. The summed E-state index contributed by atoms with van der Waals surface area (Å²) in [6.07, 6.45) is -2.38. The Balaban J connectivity index is 1.86. The molecular weight excluding hydrogens is 273 g/mol. The number of carbonyl (C=O) groups excluding carboxylic acids is 1. The van der Waals surface area contributed by atoms with Crippen molar-refractivity contribution in [3.63, 3.8) is 0 Å². The van der Waals surface area contributed by atoms with Crippen LogP contribution in [0, 0.1) is 11.3 Å². The zero-order valence-corrected chi connectivity index (χ0v) is 11.6. The van der Waals surface area contributed by atoms with E-state index < -0.39 is 17.5 Å². The predicted octanol–water partition coefficient (Wildman–Crippen LogP) is 1.41. The van der Waals surface area contributed by atoms with E-state index in [4.69, 9.17) is 4.74 Å². The van der Waals surface area contributed by atoms with Crippen molar-refractivity contribution in [3.8, 4) is 0 Å². The number of likely N-dealkylation sites (N-methyl/N-ethyl adjacent to an activating group) is 1. The van der Waals surface area contributed by atoms with Gasteiger partial charge in [-0.1, -0.05) is 0 Å². The first-order valence-electron chi connectivity index (χ1n) is 6.97. The first-order valence-corrected chi connectivity index (χ1v) is 6.97. The summed E-state index contributed by atoms with van der Waals surface area (Å²) >= 11 is 0. The number of hydrogen-bond donors (Lipinski definition) is 1. The minimum Gasteiger partial charge on any atom is -0.379 e. The smallest absolute Gasteiger partial charge is 0.379 e. The van der Waals surface area contributed by atoms with E-state index in [1.165, 1.54) is 7.05 Å². The van der Waals surface area contributed by atoms with Gasteiger partial charge in [-0.25, -0.2) is 0 Å². The van der Waals surface area contributed by atoms with Crippen LogP contribution in [-0.2, 0) is 9.53 Å². The molecule has 1 amide bonds. The van der Waals surface area contributed by atoms with Crippen LogP contribution in [0.1, 0.15) is 19.3 Å². The van der Waals surface area contributed by atoms with Gasteiger partial charge in [0, 0.05) is 26.7 Å². The lowest BCUT2D eigenvalue weighted by Gasteiger charge is -2.33. The Hall–Kier alpha value is -0.820. The van der Waals surface area contributed by atoms with Gasteiger partial charge in [-0.2, -0.15) is 13.2 Å². The van der Waals surface area contributed by atoms with Gasteiger partial charge in [-0.15, -0.1) is 0 Å². The molecule has 7 heteroatoms. The summed E-state index contributed by atoms with van der Waals surface area (Å²) in [5, 5.41) is 2.65. The molecule has 1 aliphatic carbocycles. The molecule has 2 rings (SSSR count). The second kappa shape index (κ2) is 5.89. The molecule has 0 aromatic rings. The van der Waals surface area contributed by atoms with Crippen molar-refractivity contribution >= 4 is 5.91 Å². The van der Waals surface area contributed by atoms with Crippen molar-refractivity contribution in [1.82, 2.24) is 10.2 Å². The highest BCUT2D eigenvalue weighted by Crippen LogP contribution is 2.44. The average Bonchev–Trinajstić information content (AvgIpc) is 3.05. The molecule has 2 fully saturated rings.